The third-order valence-corrected chi connectivity index (χ3v) is 3.63. The zero-order valence-electron chi connectivity index (χ0n) is 12.8. The van der Waals surface area contributed by atoms with E-state index in [1.54, 1.807) is 6.92 Å². The van der Waals surface area contributed by atoms with Gasteiger partial charge in [-0.3, -0.25) is 9.36 Å². The van der Waals surface area contributed by atoms with Crippen LogP contribution in [0.3, 0.4) is 0 Å². The number of rotatable bonds is 5. The Morgan fingerprint density at radius 1 is 1.61 bits per heavy atom. The van der Waals surface area contributed by atoms with Crippen LogP contribution in [0.1, 0.15) is 11.8 Å². The number of aromatic nitrogens is 2. The van der Waals surface area contributed by atoms with Crippen LogP contribution < -0.4 is 16.7 Å². The second kappa shape index (κ2) is 7.04. The maximum atomic E-state index is 12.0. The van der Waals surface area contributed by atoms with Gasteiger partial charge in [0.1, 0.15) is 30.7 Å². The molecular formula is C13H20N4O6. The number of hydrogen-bond donors (Lipinski definition) is 4. The summed E-state index contributed by atoms with van der Waals surface area (Å²) in [6, 6.07) is 0. The van der Waals surface area contributed by atoms with Crippen LogP contribution >= 0.6 is 0 Å². The smallest absolute Gasteiger partial charge is 0.351 e. The number of nitrogens with two attached hydrogens (primary N) is 1. The number of aliphatic hydroxyl groups excluding tert-OH is 2. The number of nitrogen functional groups attached to an aromatic ring is 1. The van der Waals surface area contributed by atoms with Gasteiger partial charge in [-0.1, -0.05) is 0 Å². The van der Waals surface area contributed by atoms with Gasteiger partial charge in [0, 0.05) is 18.8 Å². The average Bonchev–Trinajstić information content (AvgIpc) is 2.84. The quantitative estimate of drug-likeness (QED) is 0.464. The van der Waals surface area contributed by atoms with Crippen LogP contribution in [0.5, 0.6) is 0 Å². The van der Waals surface area contributed by atoms with Crippen molar-refractivity contribution >= 4 is 11.7 Å². The fraction of sp³-hybridized carbons (Fsp3) is 0.615. The molecule has 2 rings (SSSR count). The second-order valence-corrected chi connectivity index (χ2v) is 5.19. The molecule has 0 saturated carbocycles. The van der Waals surface area contributed by atoms with Crippen molar-refractivity contribution < 1.29 is 24.5 Å². The SMILES string of the molecule is CNC(=O)CO[C@@H]1[C@H](O)[C@@H](CO)O[C@H]1n1cc(C)c(N)nc1=O. The Bertz CT molecular complexity index is 633. The number of aliphatic hydroxyl groups is 2. The van der Waals surface area contributed by atoms with E-state index in [2.05, 4.69) is 10.3 Å². The van der Waals surface area contributed by atoms with Gasteiger partial charge in [0.25, 0.3) is 0 Å². The van der Waals surface area contributed by atoms with E-state index in [0.717, 1.165) is 4.57 Å². The van der Waals surface area contributed by atoms with E-state index >= 15 is 0 Å². The lowest BCUT2D eigenvalue weighted by molar-refractivity contribution is -0.132. The molecule has 0 spiro atoms. The highest BCUT2D eigenvalue weighted by molar-refractivity contribution is 5.76. The number of anilines is 1. The Morgan fingerprint density at radius 2 is 2.30 bits per heavy atom. The fourth-order valence-electron chi connectivity index (χ4n) is 2.28. The number of nitrogens with one attached hydrogen (secondary N) is 1. The first-order valence-electron chi connectivity index (χ1n) is 7.00. The van der Waals surface area contributed by atoms with Gasteiger partial charge in [-0.15, -0.1) is 0 Å². The van der Waals surface area contributed by atoms with Crippen molar-refractivity contribution in [2.45, 2.75) is 31.5 Å². The number of carbonyl (C=O) groups is 1. The lowest BCUT2D eigenvalue weighted by Crippen LogP contribution is -2.40. The van der Waals surface area contributed by atoms with Crippen LogP contribution in [0.15, 0.2) is 11.0 Å². The molecule has 10 heteroatoms. The zero-order chi connectivity index (χ0) is 17.1. The highest BCUT2D eigenvalue weighted by Crippen LogP contribution is 2.31. The summed E-state index contributed by atoms with van der Waals surface area (Å²) < 4.78 is 12.0. The van der Waals surface area contributed by atoms with Gasteiger partial charge in [-0.2, -0.15) is 4.98 Å². The zero-order valence-corrected chi connectivity index (χ0v) is 12.8. The van der Waals surface area contributed by atoms with Crippen LogP contribution in [0.4, 0.5) is 5.82 Å². The molecule has 5 N–H and O–H groups in total. The first-order valence-corrected chi connectivity index (χ1v) is 7.00. The number of carbonyl (C=O) groups excluding carboxylic acids is 1. The topological polar surface area (TPSA) is 149 Å². The van der Waals surface area contributed by atoms with Crippen LogP contribution in [-0.2, 0) is 14.3 Å². The number of amides is 1. The minimum atomic E-state index is -1.21. The van der Waals surface area contributed by atoms with Crippen LogP contribution in [0, 0.1) is 6.92 Å². The maximum absolute atomic E-state index is 12.0. The molecule has 23 heavy (non-hydrogen) atoms. The Labute approximate surface area is 131 Å². The fourth-order valence-corrected chi connectivity index (χ4v) is 2.28. The minimum absolute atomic E-state index is 0.0892. The molecule has 1 fully saturated rings. The molecule has 10 nitrogen and oxygen atoms in total. The van der Waals surface area contributed by atoms with Crippen LogP contribution in [0.2, 0.25) is 0 Å². The van der Waals surface area contributed by atoms with E-state index in [4.69, 9.17) is 15.2 Å². The number of likely N-dealkylation sites (N-methyl/N-ethyl adjacent to an activating group) is 1. The first-order chi connectivity index (χ1) is 10.9. The summed E-state index contributed by atoms with van der Waals surface area (Å²) >= 11 is 0. The Hall–Kier alpha value is -2.01. The summed E-state index contributed by atoms with van der Waals surface area (Å²) in [5, 5.41) is 21.8. The summed E-state index contributed by atoms with van der Waals surface area (Å²) in [7, 11) is 1.44. The second-order valence-electron chi connectivity index (χ2n) is 5.19. The van der Waals surface area contributed by atoms with Gasteiger partial charge in [0.2, 0.25) is 5.91 Å². The number of ether oxygens (including phenoxy) is 2. The first kappa shape index (κ1) is 17.3. The van der Waals surface area contributed by atoms with Crippen molar-refractivity contribution in [3.8, 4) is 0 Å². The van der Waals surface area contributed by atoms with E-state index in [9.17, 15) is 19.8 Å². The molecule has 4 atom stereocenters. The lowest BCUT2D eigenvalue weighted by Gasteiger charge is -2.22. The van der Waals surface area contributed by atoms with Crippen molar-refractivity contribution in [3.63, 3.8) is 0 Å². The summed E-state index contributed by atoms with van der Waals surface area (Å²) in [4.78, 5) is 27.0. The minimum Gasteiger partial charge on any atom is -0.394 e. The van der Waals surface area contributed by atoms with Crippen molar-refractivity contribution in [1.29, 1.82) is 0 Å². The predicted molar refractivity (Wildman–Crippen MR) is 78.5 cm³/mol. The molecular weight excluding hydrogens is 308 g/mol. The molecule has 1 aromatic heterocycles. The molecule has 1 saturated heterocycles. The molecule has 1 aromatic rings. The largest absolute Gasteiger partial charge is 0.394 e. The highest BCUT2D eigenvalue weighted by atomic mass is 16.6. The third kappa shape index (κ3) is 3.50. The van der Waals surface area contributed by atoms with E-state index in [1.807, 2.05) is 0 Å². The van der Waals surface area contributed by atoms with Gasteiger partial charge in [-0.05, 0) is 6.92 Å². The molecule has 0 bridgehead atoms. The molecule has 1 aliphatic rings. The standard InChI is InChI=1S/C13H20N4O6/c1-6-3-17(13(21)16-11(6)14)12-10(22-5-8(19)15-2)9(20)7(4-18)23-12/h3,7,9-10,12,18,20H,4-5H2,1-2H3,(H,15,19)(H2,14,16,21)/t7-,9-,10-,12-/m1/s1. The molecule has 2 heterocycles. The van der Waals surface area contributed by atoms with Crippen molar-refractivity contribution in [2.24, 2.45) is 0 Å². The number of nitrogens with zero attached hydrogens (tertiary/aromatic N) is 2. The Kier molecular flexibility index (Phi) is 5.31. The van der Waals surface area contributed by atoms with Gasteiger partial charge >= 0.3 is 5.69 Å². The van der Waals surface area contributed by atoms with Crippen molar-refractivity contribution in [2.75, 3.05) is 26.0 Å². The van der Waals surface area contributed by atoms with Gasteiger partial charge in [0.05, 0.1) is 6.61 Å². The Balaban J connectivity index is 2.31. The van der Waals surface area contributed by atoms with Gasteiger partial charge < -0.3 is 30.7 Å². The van der Waals surface area contributed by atoms with E-state index in [-0.39, 0.29) is 12.4 Å². The molecule has 0 aliphatic carbocycles. The van der Waals surface area contributed by atoms with Gasteiger partial charge in [0.15, 0.2) is 6.23 Å². The molecule has 0 radical (unpaired) electrons. The van der Waals surface area contributed by atoms with Gasteiger partial charge in [-0.25, -0.2) is 4.79 Å². The molecule has 0 unspecified atom stereocenters. The summed E-state index contributed by atoms with van der Waals surface area (Å²) in [5.41, 5.74) is 5.44. The molecule has 0 aromatic carbocycles. The normalized spacial score (nSPS) is 27.1. The molecule has 1 amide bonds. The summed E-state index contributed by atoms with van der Waals surface area (Å²) in [6.07, 6.45) is -2.78. The monoisotopic (exact) mass is 328 g/mol. The third-order valence-electron chi connectivity index (χ3n) is 3.63. The average molecular weight is 328 g/mol. The van der Waals surface area contributed by atoms with Crippen molar-refractivity contribution in [3.05, 3.63) is 22.2 Å². The highest BCUT2D eigenvalue weighted by Gasteiger charge is 2.46. The number of aryl methyl sites for hydroxylation is 1. The molecule has 128 valence electrons. The lowest BCUT2D eigenvalue weighted by atomic mass is 10.1. The maximum Gasteiger partial charge on any atom is 0.351 e. The Morgan fingerprint density at radius 3 is 2.91 bits per heavy atom. The summed E-state index contributed by atoms with van der Waals surface area (Å²) in [6.45, 7) is 0.869. The summed E-state index contributed by atoms with van der Waals surface area (Å²) in [5.74, 6) is -0.311. The number of hydrogen-bond acceptors (Lipinski definition) is 8. The molecule has 1 aliphatic heterocycles. The van der Waals surface area contributed by atoms with E-state index < -0.39 is 42.7 Å². The van der Waals surface area contributed by atoms with E-state index in [0.29, 0.717) is 5.56 Å². The van der Waals surface area contributed by atoms with E-state index in [1.165, 1.54) is 13.2 Å². The van der Waals surface area contributed by atoms with Crippen molar-refractivity contribution in [1.82, 2.24) is 14.9 Å². The predicted octanol–water partition coefficient (Wildman–Crippen LogP) is -2.48. The van der Waals surface area contributed by atoms with Crippen LogP contribution in [-0.4, -0.2) is 64.2 Å². The van der Waals surface area contributed by atoms with Crippen LogP contribution in [0.25, 0.3) is 0 Å².